The van der Waals surface area contributed by atoms with E-state index in [0.717, 1.165) is 6.07 Å². The minimum atomic E-state index is -0.623. The lowest BCUT2D eigenvalue weighted by Gasteiger charge is -2.33. The molecule has 1 aliphatic rings. The van der Waals surface area contributed by atoms with Crippen molar-refractivity contribution in [3.05, 3.63) is 62.1 Å². The van der Waals surface area contributed by atoms with E-state index in [-0.39, 0.29) is 28.2 Å². The lowest BCUT2D eigenvalue weighted by Crippen LogP contribution is -2.39. The summed E-state index contributed by atoms with van der Waals surface area (Å²) in [7, 11) is 1.89. The van der Waals surface area contributed by atoms with E-state index in [1.54, 1.807) is 24.3 Å². The number of likely N-dealkylation sites (tertiary alicyclic amines) is 1. The molecule has 1 fully saturated rings. The van der Waals surface area contributed by atoms with E-state index in [9.17, 15) is 19.9 Å². The van der Waals surface area contributed by atoms with E-state index in [1.807, 2.05) is 11.9 Å². The highest BCUT2D eigenvalue weighted by molar-refractivity contribution is 6.33. The molecule has 2 atom stereocenters. The minimum Gasteiger partial charge on any atom is -0.507 e. The zero-order valence-electron chi connectivity index (χ0n) is 15.6. The first-order valence-corrected chi connectivity index (χ1v) is 9.57. The van der Waals surface area contributed by atoms with Crippen molar-refractivity contribution in [1.82, 2.24) is 4.90 Å². The largest absolute Gasteiger partial charge is 0.507 e. The SMILES string of the molecule is CN1CCC(c2c(O)cc(O)c3c(=O)cc(-c4ccccc4Cl)oc23)[C@H](N=O)C1. The molecular formula is C21H19ClN2O5. The Morgan fingerprint density at radius 3 is 2.69 bits per heavy atom. The van der Waals surface area contributed by atoms with Crippen LogP contribution in [0.4, 0.5) is 0 Å². The fourth-order valence-corrected chi connectivity index (χ4v) is 4.24. The first-order valence-electron chi connectivity index (χ1n) is 9.19. The summed E-state index contributed by atoms with van der Waals surface area (Å²) in [5.41, 5.74) is 0.397. The Morgan fingerprint density at radius 1 is 1.21 bits per heavy atom. The van der Waals surface area contributed by atoms with Crippen molar-refractivity contribution in [3.8, 4) is 22.8 Å². The van der Waals surface area contributed by atoms with E-state index in [2.05, 4.69) is 5.18 Å². The summed E-state index contributed by atoms with van der Waals surface area (Å²) >= 11 is 6.25. The number of halogens is 1. The summed E-state index contributed by atoms with van der Waals surface area (Å²) in [5, 5.41) is 24.5. The first kappa shape index (κ1) is 19.4. The number of likely N-dealkylation sites (N-methyl/N-ethyl adjacent to an activating group) is 1. The molecule has 1 aliphatic heterocycles. The minimum absolute atomic E-state index is 0.0443. The third kappa shape index (κ3) is 3.36. The Labute approximate surface area is 171 Å². The van der Waals surface area contributed by atoms with Crippen molar-refractivity contribution in [2.45, 2.75) is 18.4 Å². The van der Waals surface area contributed by atoms with Crippen LogP contribution in [-0.4, -0.2) is 41.3 Å². The molecule has 0 spiro atoms. The third-order valence-electron chi connectivity index (χ3n) is 5.43. The van der Waals surface area contributed by atoms with E-state index >= 15 is 0 Å². The number of fused-ring (bicyclic) bond motifs is 1. The molecule has 150 valence electrons. The number of rotatable bonds is 3. The van der Waals surface area contributed by atoms with Gasteiger partial charge in [-0.15, -0.1) is 0 Å². The van der Waals surface area contributed by atoms with Gasteiger partial charge in [-0.2, -0.15) is 4.91 Å². The van der Waals surface area contributed by atoms with E-state index in [1.165, 1.54) is 6.07 Å². The van der Waals surface area contributed by atoms with Crippen molar-refractivity contribution >= 4 is 22.6 Å². The van der Waals surface area contributed by atoms with Crippen LogP contribution < -0.4 is 5.43 Å². The molecule has 3 aromatic rings. The fourth-order valence-electron chi connectivity index (χ4n) is 4.01. The predicted molar refractivity (Wildman–Crippen MR) is 111 cm³/mol. The van der Waals surface area contributed by atoms with Gasteiger partial charge in [0.15, 0.2) is 5.43 Å². The highest BCUT2D eigenvalue weighted by Crippen LogP contribution is 2.43. The van der Waals surface area contributed by atoms with Gasteiger partial charge in [0.05, 0.1) is 5.02 Å². The van der Waals surface area contributed by atoms with Gasteiger partial charge in [-0.1, -0.05) is 28.9 Å². The number of hydrogen-bond donors (Lipinski definition) is 2. The molecule has 1 aromatic heterocycles. The number of phenolic OH excluding ortho intramolecular Hbond substituents is 2. The zero-order chi connectivity index (χ0) is 20.7. The molecule has 29 heavy (non-hydrogen) atoms. The fraction of sp³-hybridized carbons (Fsp3) is 0.286. The average molecular weight is 415 g/mol. The molecule has 2 heterocycles. The second-order valence-electron chi connectivity index (χ2n) is 7.32. The molecule has 1 unspecified atom stereocenters. The van der Waals surface area contributed by atoms with Crippen LogP contribution in [0, 0.1) is 4.91 Å². The van der Waals surface area contributed by atoms with Gasteiger partial charge in [-0.25, -0.2) is 0 Å². The van der Waals surface area contributed by atoms with Crippen LogP contribution in [-0.2, 0) is 0 Å². The van der Waals surface area contributed by atoms with E-state index < -0.39 is 17.4 Å². The van der Waals surface area contributed by atoms with Crippen LogP contribution in [0.25, 0.3) is 22.3 Å². The highest BCUT2D eigenvalue weighted by Gasteiger charge is 2.35. The monoisotopic (exact) mass is 414 g/mol. The molecule has 0 radical (unpaired) electrons. The molecule has 8 heteroatoms. The number of phenols is 2. The molecule has 0 saturated carbocycles. The van der Waals surface area contributed by atoms with Gasteiger partial charge in [0.2, 0.25) is 0 Å². The van der Waals surface area contributed by atoms with Crippen LogP contribution in [0.1, 0.15) is 17.9 Å². The highest BCUT2D eigenvalue weighted by atomic mass is 35.5. The number of nitroso groups, excluding NO2 is 1. The Morgan fingerprint density at radius 2 is 1.97 bits per heavy atom. The number of aromatic hydroxyl groups is 2. The zero-order valence-corrected chi connectivity index (χ0v) is 16.4. The summed E-state index contributed by atoms with van der Waals surface area (Å²) < 4.78 is 6.01. The van der Waals surface area contributed by atoms with Gasteiger partial charge in [0.25, 0.3) is 0 Å². The Bertz CT molecular complexity index is 1160. The van der Waals surface area contributed by atoms with Crippen LogP contribution in [0.15, 0.2) is 50.8 Å². The maximum absolute atomic E-state index is 12.8. The van der Waals surface area contributed by atoms with E-state index in [4.69, 9.17) is 16.0 Å². The van der Waals surface area contributed by atoms with Crippen molar-refractivity contribution in [1.29, 1.82) is 0 Å². The predicted octanol–water partition coefficient (Wildman–Crippen LogP) is 4.08. The summed E-state index contributed by atoms with van der Waals surface area (Å²) in [5.74, 6) is -0.860. The Kier molecular flexibility index (Phi) is 5.02. The van der Waals surface area contributed by atoms with Gasteiger partial charge in [0.1, 0.15) is 34.3 Å². The molecule has 0 aliphatic carbocycles. The third-order valence-corrected chi connectivity index (χ3v) is 5.76. The number of nitrogens with zero attached hydrogens (tertiary/aromatic N) is 2. The average Bonchev–Trinajstić information content (AvgIpc) is 2.68. The van der Waals surface area contributed by atoms with Gasteiger partial charge in [0, 0.05) is 35.7 Å². The molecule has 0 bridgehead atoms. The van der Waals surface area contributed by atoms with Crippen molar-refractivity contribution < 1.29 is 14.6 Å². The smallest absolute Gasteiger partial charge is 0.197 e. The molecule has 2 aromatic carbocycles. The van der Waals surface area contributed by atoms with Crippen LogP contribution in [0.5, 0.6) is 11.5 Å². The summed E-state index contributed by atoms with van der Waals surface area (Å²) in [6.45, 7) is 1.11. The molecule has 4 rings (SSSR count). The van der Waals surface area contributed by atoms with Crippen LogP contribution in [0.3, 0.4) is 0 Å². The lowest BCUT2D eigenvalue weighted by molar-refractivity contribution is 0.226. The maximum Gasteiger partial charge on any atom is 0.197 e. The summed E-state index contributed by atoms with van der Waals surface area (Å²) in [4.78, 5) is 26.3. The van der Waals surface area contributed by atoms with Crippen molar-refractivity contribution in [3.63, 3.8) is 0 Å². The van der Waals surface area contributed by atoms with Crippen LogP contribution in [0.2, 0.25) is 5.02 Å². The summed E-state index contributed by atoms with van der Waals surface area (Å²) in [6, 6.07) is 8.65. The number of piperidine rings is 1. The van der Waals surface area contributed by atoms with Crippen molar-refractivity contribution in [2.75, 3.05) is 20.1 Å². The Balaban J connectivity index is 2.01. The van der Waals surface area contributed by atoms with Gasteiger partial charge in [-0.3, -0.25) is 4.79 Å². The van der Waals surface area contributed by atoms with Gasteiger partial charge in [-0.05, 0) is 32.1 Å². The molecular weight excluding hydrogens is 396 g/mol. The van der Waals surface area contributed by atoms with E-state index in [0.29, 0.717) is 35.7 Å². The molecule has 2 N–H and O–H groups in total. The standard InChI is InChI=1S/C21H19ClN2O5/c1-24-7-6-12(14(10-24)23-28)19-15(25)8-16(26)20-17(27)9-18(29-21(19)20)11-4-2-3-5-13(11)22/h2-5,8-9,12,14,25-26H,6-7,10H2,1H3/t12?,14-/m1/s1. The lowest BCUT2D eigenvalue weighted by atomic mass is 9.84. The Hall–Kier alpha value is -2.90. The molecule has 0 amide bonds. The molecule has 7 nitrogen and oxygen atoms in total. The second kappa shape index (κ2) is 7.50. The van der Waals surface area contributed by atoms with Crippen molar-refractivity contribution in [2.24, 2.45) is 5.18 Å². The van der Waals surface area contributed by atoms with Gasteiger partial charge < -0.3 is 19.5 Å². The number of hydrogen-bond acceptors (Lipinski definition) is 7. The first-order chi connectivity index (χ1) is 13.9. The molecule has 1 saturated heterocycles. The topological polar surface area (TPSA) is 103 Å². The van der Waals surface area contributed by atoms with Crippen LogP contribution >= 0.6 is 11.6 Å². The maximum atomic E-state index is 12.8. The number of benzene rings is 2. The second-order valence-corrected chi connectivity index (χ2v) is 7.72. The normalized spacial score (nSPS) is 20.1. The van der Waals surface area contributed by atoms with Gasteiger partial charge >= 0.3 is 0 Å². The quantitative estimate of drug-likeness (QED) is 0.626. The summed E-state index contributed by atoms with van der Waals surface area (Å²) in [6.07, 6.45) is 0.542.